The number of aryl methyl sites for hydroxylation is 1. The first-order chi connectivity index (χ1) is 9.46. The van der Waals surface area contributed by atoms with Gasteiger partial charge in [0.1, 0.15) is 5.41 Å². The van der Waals surface area contributed by atoms with E-state index in [4.69, 9.17) is 0 Å². The molecule has 1 aliphatic rings. The maximum absolute atomic E-state index is 12.6. The van der Waals surface area contributed by atoms with Crippen molar-refractivity contribution in [3.8, 4) is 0 Å². The average molecular weight is 275 g/mol. The summed E-state index contributed by atoms with van der Waals surface area (Å²) in [5.74, 6) is -1.00. The second kappa shape index (κ2) is 5.03. The number of carbonyl (C=O) groups is 3. The molecule has 1 aromatic heterocycles. The number of hydrogen-bond acceptors (Lipinski definition) is 4. The van der Waals surface area contributed by atoms with E-state index < -0.39 is 23.3 Å². The Morgan fingerprint density at radius 2 is 1.85 bits per heavy atom. The largest absolute Gasteiger partial charge is 0.335 e. The van der Waals surface area contributed by atoms with Crippen molar-refractivity contribution in [2.45, 2.75) is 33.6 Å². The molecule has 106 valence electrons. The van der Waals surface area contributed by atoms with Gasteiger partial charge < -0.3 is 0 Å². The van der Waals surface area contributed by atoms with E-state index in [-0.39, 0.29) is 0 Å². The fraction of sp³-hybridized carbons (Fsp3) is 0.429. The number of rotatable bonds is 3. The number of pyridine rings is 1. The third kappa shape index (κ3) is 1.97. The number of nitrogens with one attached hydrogen (secondary N) is 1. The first kappa shape index (κ1) is 14.2. The molecular formula is C14H17N3O3. The van der Waals surface area contributed by atoms with Crippen molar-refractivity contribution in [3.05, 3.63) is 24.0 Å². The van der Waals surface area contributed by atoms with Crippen molar-refractivity contribution in [3.63, 3.8) is 0 Å². The average Bonchev–Trinajstić information content (AvgIpc) is 2.42. The molecule has 2 rings (SSSR count). The van der Waals surface area contributed by atoms with Gasteiger partial charge in [-0.1, -0.05) is 13.8 Å². The zero-order chi connectivity index (χ0) is 14.9. The number of imide groups is 2. The minimum Gasteiger partial charge on any atom is -0.276 e. The summed E-state index contributed by atoms with van der Waals surface area (Å²) in [6.45, 7) is 5.35. The summed E-state index contributed by atoms with van der Waals surface area (Å²) >= 11 is 0. The van der Waals surface area contributed by atoms with Crippen LogP contribution in [0.4, 0.5) is 10.5 Å². The van der Waals surface area contributed by atoms with Gasteiger partial charge >= 0.3 is 6.03 Å². The van der Waals surface area contributed by atoms with Gasteiger partial charge in [0.15, 0.2) is 0 Å². The van der Waals surface area contributed by atoms with Gasteiger partial charge in [0.2, 0.25) is 5.91 Å². The summed E-state index contributed by atoms with van der Waals surface area (Å²) in [6.07, 6.45) is 2.15. The lowest BCUT2D eigenvalue weighted by atomic mass is 9.78. The van der Waals surface area contributed by atoms with Crippen LogP contribution < -0.4 is 10.2 Å². The van der Waals surface area contributed by atoms with E-state index in [0.29, 0.717) is 18.5 Å². The number of anilines is 1. The van der Waals surface area contributed by atoms with Crippen molar-refractivity contribution in [2.75, 3.05) is 4.90 Å². The van der Waals surface area contributed by atoms with Crippen LogP contribution in [-0.4, -0.2) is 22.8 Å². The summed E-state index contributed by atoms with van der Waals surface area (Å²) in [5, 5.41) is 2.27. The second-order valence-corrected chi connectivity index (χ2v) is 4.85. The second-order valence-electron chi connectivity index (χ2n) is 4.85. The fourth-order valence-electron chi connectivity index (χ4n) is 2.38. The predicted molar refractivity (Wildman–Crippen MR) is 73.0 cm³/mol. The van der Waals surface area contributed by atoms with E-state index in [1.54, 1.807) is 26.0 Å². The smallest absolute Gasteiger partial charge is 0.276 e. The minimum atomic E-state index is -1.18. The Morgan fingerprint density at radius 3 is 2.35 bits per heavy atom. The molecular weight excluding hydrogens is 258 g/mol. The molecule has 0 unspecified atom stereocenters. The summed E-state index contributed by atoms with van der Waals surface area (Å²) in [6, 6.07) is 2.64. The number of hydrogen-bond donors (Lipinski definition) is 1. The maximum atomic E-state index is 12.6. The van der Waals surface area contributed by atoms with Crippen LogP contribution in [-0.2, 0) is 9.59 Å². The molecule has 0 radical (unpaired) electrons. The SMILES string of the molecule is CCC1(CC)C(=O)NC(=O)N(c2ccc(C)nc2)C1=O. The molecule has 1 aromatic rings. The lowest BCUT2D eigenvalue weighted by Crippen LogP contribution is -2.64. The number of nitrogens with zero attached hydrogens (tertiary/aromatic N) is 2. The number of carbonyl (C=O) groups excluding carboxylic acids is 3. The Balaban J connectivity index is 2.47. The van der Waals surface area contributed by atoms with E-state index in [1.807, 2.05) is 6.92 Å². The van der Waals surface area contributed by atoms with E-state index >= 15 is 0 Å². The summed E-state index contributed by atoms with van der Waals surface area (Å²) in [7, 11) is 0. The Labute approximate surface area is 117 Å². The highest BCUT2D eigenvalue weighted by Crippen LogP contribution is 2.34. The third-order valence-corrected chi connectivity index (χ3v) is 3.83. The van der Waals surface area contributed by atoms with Gasteiger partial charge in [-0.2, -0.15) is 0 Å². The number of aromatic nitrogens is 1. The molecule has 0 aliphatic carbocycles. The molecule has 4 amide bonds. The lowest BCUT2D eigenvalue weighted by molar-refractivity contribution is -0.143. The highest BCUT2D eigenvalue weighted by molar-refractivity contribution is 6.29. The van der Waals surface area contributed by atoms with Crippen LogP contribution in [0.5, 0.6) is 0 Å². The van der Waals surface area contributed by atoms with Gasteiger partial charge in [0.25, 0.3) is 5.91 Å². The van der Waals surface area contributed by atoms with Gasteiger partial charge in [-0.05, 0) is 31.9 Å². The van der Waals surface area contributed by atoms with Gasteiger partial charge in [0, 0.05) is 5.69 Å². The van der Waals surface area contributed by atoms with Crippen molar-refractivity contribution < 1.29 is 14.4 Å². The monoisotopic (exact) mass is 275 g/mol. The van der Waals surface area contributed by atoms with Crippen LogP contribution in [0.3, 0.4) is 0 Å². The fourth-order valence-corrected chi connectivity index (χ4v) is 2.38. The minimum absolute atomic E-state index is 0.344. The van der Waals surface area contributed by atoms with Crippen LogP contribution in [0.1, 0.15) is 32.4 Å². The Bertz CT molecular complexity index is 562. The van der Waals surface area contributed by atoms with Crippen molar-refractivity contribution in [2.24, 2.45) is 5.41 Å². The van der Waals surface area contributed by atoms with Crippen LogP contribution in [0.25, 0.3) is 0 Å². The van der Waals surface area contributed by atoms with Crippen LogP contribution >= 0.6 is 0 Å². The molecule has 0 aromatic carbocycles. The molecule has 20 heavy (non-hydrogen) atoms. The Kier molecular flexibility index (Phi) is 3.57. The molecule has 6 heteroatoms. The van der Waals surface area contributed by atoms with Crippen LogP contribution in [0.2, 0.25) is 0 Å². The summed E-state index contributed by atoms with van der Waals surface area (Å²) in [5.41, 5.74) is -0.0254. The molecule has 1 N–H and O–H groups in total. The lowest BCUT2D eigenvalue weighted by Gasteiger charge is -2.37. The zero-order valence-corrected chi connectivity index (χ0v) is 11.8. The number of urea groups is 1. The van der Waals surface area contributed by atoms with Crippen LogP contribution in [0.15, 0.2) is 18.3 Å². The molecule has 1 aliphatic heterocycles. The Hall–Kier alpha value is -2.24. The first-order valence-corrected chi connectivity index (χ1v) is 6.59. The van der Waals surface area contributed by atoms with Gasteiger partial charge in [0.05, 0.1) is 11.9 Å². The van der Waals surface area contributed by atoms with Crippen LogP contribution in [0, 0.1) is 12.3 Å². The Morgan fingerprint density at radius 1 is 1.20 bits per heavy atom. The zero-order valence-electron chi connectivity index (χ0n) is 11.8. The standard InChI is InChI=1S/C14H17N3O3/c1-4-14(5-2)11(18)16-13(20)17(12(14)19)10-7-6-9(3)15-8-10/h6-8H,4-5H2,1-3H3,(H,16,18,20). The topological polar surface area (TPSA) is 79.4 Å². The molecule has 0 bridgehead atoms. The van der Waals surface area contributed by atoms with E-state index in [2.05, 4.69) is 10.3 Å². The molecule has 1 saturated heterocycles. The van der Waals surface area contributed by atoms with Crippen molar-refractivity contribution in [1.82, 2.24) is 10.3 Å². The summed E-state index contributed by atoms with van der Waals surface area (Å²) < 4.78 is 0. The molecule has 0 atom stereocenters. The normalized spacial score (nSPS) is 18.1. The van der Waals surface area contributed by atoms with Gasteiger partial charge in [-0.3, -0.25) is 19.9 Å². The molecule has 6 nitrogen and oxygen atoms in total. The quantitative estimate of drug-likeness (QED) is 0.853. The van der Waals surface area contributed by atoms with Crippen molar-refractivity contribution in [1.29, 1.82) is 0 Å². The molecule has 2 heterocycles. The van der Waals surface area contributed by atoms with E-state index in [9.17, 15) is 14.4 Å². The molecule has 1 fully saturated rings. The van der Waals surface area contributed by atoms with Gasteiger partial charge in [-0.15, -0.1) is 0 Å². The first-order valence-electron chi connectivity index (χ1n) is 6.59. The predicted octanol–water partition coefficient (Wildman–Crippen LogP) is 1.78. The summed E-state index contributed by atoms with van der Waals surface area (Å²) in [4.78, 5) is 41.7. The van der Waals surface area contributed by atoms with E-state index in [1.165, 1.54) is 6.20 Å². The number of barbiturate groups is 1. The highest BCUT2D eigenvalue weighted by atomic mass is 16.2. The van der Waals surface area contributed by atoms with Gasteiger partial charge in [-0.25, -0.2) is 9.69 Å². The molecule has 0 spiro atoms. The maximum Gasteiger partial charge on any atom is 0.335 e. The highest BCUT2D eigenvalue weighted by Gasteiger charge is 2.51. The number of amides is 4. The molecule has 0 saturated carbocycles. The van der Waals surface area contributed by atoms with Crippen molar-refractivity contribution >= 4 is 23.5 Å². The van der Waals surface area contributed by atoms with E-state index in [0.717, 1.165) is 10.6 Å². The third-order valence-electron chi connectivity index (χ3n) is 3.83.